The molecule has 4 heteroatoms. The lowest BCUT2D eigenvalue weighted by Gasteiger charge is -2.20. The van der Waals surface area contributed by atoms with Gasteiger partial charge < -0.3 is 4.74 Å². The standard InChI is InChI=1S/C13H15NOS2/c1-3-11(16-7-1)13(12-4-2-8-17-12)14-10-5-6-15-9-10/h1-4,7-8,10,13-14H,5-6,9H2. The molecule has 0 bridgehead atoms. The topological polar surface area (TPSA) is 21.3 Å². The molecule has 2 aromatic heterocycles. The van der Waals surface area contributed by atoms with Gasteiger partial charge in [-0.3, -0.25) is 5.32 Å². The van der Waals surface area contributed by atoms with Crippen molar-refractivity contribution in [3.8, 4) is 0 Å². The highest BCUT2D eigenvalue weighted by atomic mass is 32.1. The zero-order valence-electron chi connectivity index (χ0n) is 9.46. The highest BCUT2D eigenvalue weighted by Gasteiger charge is 2.23. The molecule has 1 atom stereocenters. The van der Waals surface area contributed by atoms with Gasteiger partial charge >= 0.3 is 0 Å². The molecule has 1 aliphatic rings. The Labute approximate surface area is 109 Å². The molecule has 1 N–H and O–H groups in total. The first-order chi connectivity index (χ1) is 8.43. The molecule has 90 valence electrons. The van der Waals surface area contributed by atoms with Crippen molar-refractivity contribution in [2.75, 3.05) is 13.2 Å². The van der Waals surface area contributed by atoms with E-state index in [1.165, 1.54) is 9.75 Å². The van der Waals surface area contributed by atoms with Crippen LogP contribution in [0.25, 0.3) is 0 Å². The van der Waals surface area contributed by atoms with Crippen molar-refractivity contribution in [2.45, 2.75) is 18.5 Å². The molecule has 0 aromatic carbocycles. The second-order valence-electron chi connectivity index (χ2n) is 4.19. The third kappa shape index (κ3) is 2.60. The lowest BCUT2D eigenvalue weighted by molar-refractivity contribution is 0.189. The number of ether oxygens (including phenoxy) is 1. The predicted molar refractivity (Wildman–Crippen MR) is 72.8 cm³/mol. The Bertz CT molecular complexity index is 398. The number of thiophene rings is 2. The smallest absolute Gasteiger partial charge is 0.0767 e. The van der Waals surface area contributed by atoms with E-state index in [0.29, 0.717) is 12.1 Å². The SMILES string of the molecule is c1csc(C(NC2CCOC2)c2cccs2)c1. The van der Waals surface area contributed by atoms with Gasteiger partial charge in [-0.15, -0.1) is 22.7 Å². The van der Waals surface area contributed by atoms with Crippen molar-refractivity contribution in [1.29, 1.82) is 0 Å². The molecule has 1 fully saturated rings. The minimum atomic E-state index is 0.335. The molecule has 0 spiro atoms. The van der Waals surface area contributed by atoms with Crippen LogP contribution >= 0.6 is 22.7 Å². The van der Waals surface area contributed by atoms with E-state index in [1.807, 2.05) is 22.7 Å². The third-order valence-electron chi connectivity index (χ3n) is 2.99. The summed E-state index contributed by atoms with van der Waals surface area (Å²) in [5.74, 6) is 0. The summed E-state index contributed by atoms with van der Waals surface area (Å²) >= 11 is 3.63. The quantitative estimate of drug-likeness (QED) is 0.916. The molecule has 1 aliphatic heterocycles. The lowest BCUT2D eigenvalue weighted by atomic mass is 10.1. The van der Waals surface area contributed by atoms with Gasteiger partial charge in [0.2, 0.25) is 0 Å². The lowest BCUT2D eigenvalue weighted by Crippen LogP contribution is -2.32. The van der Waals surface area contributed by atoms with Gasteiger partial charge in [-0.2, -0.15) is 0 Å². The first-order valence-electron chi connectivity index (χ1n) is 5.84. The average molecular weight is 265 g/mol. The maximum Gasteiger partial charge on any atom is 0.0767 e. The van der Waals surface area contributed by atoms with Crippen LogP contribution in [0.5, 0.6) is 0 Å². The fourth-order valence-corrected chi connectivity index (χ4v) is 3.80. The van der Waals surface area contributed by atoms with Crippen molar-refractivity contribution < 1.29 is 4.74 Å². The minimum absolute atomic E-state index is 0.335. The molecular formula is C13H15NOS2. The van der Waals surface area contributed by atoms with Gasteiger partial charge in [0.25, 0.3) is 0 Å². The molecule has 2 aromatic rings. The number of rotatable bonds is 4. The van der Waals surface area contributed by atoms with Gasteiger partial charge in [-0.05, 0) is 29.3 Å². The van der Waals surface area contributed by atoms with Crippen LogP contribution in [0.2, 0.25) is 0 Å². The van der Waals surface area contributed by atoms with Crippen LogP contribution in [0, 0.1) is 0 Å². The molecule has 1 saturated heterocycles. The van der Waals surface area contributed by atoms with Crippen LogP contribution in [0.3, 0.4) is 0 Å². The summed E-state index contributed by atoms with van der Waals surface area (Å²) in [6.07, 6.45) is 1.12. The van der Waals surface area contributed by atoms with E-state index < -0.39 is 0 Å². The normalized spacial score (nSPS) is 20.2. The molecule has 0 aliphatic carbocycles. The molecule has 0 amide bonds. The van der Waals surface area contributed by atoms with E-state index in [2.05, 4.69) is 40.3 Å². The summed E-state index contributed by atoms with van der Waals surface area (Å²) in [7, 11) is 0. The second kappa shape index (κ2) is 5.31. The molecule has 2 nitrogen and oxygen atoms in total. The number of hydrogen-bond donors (Lipinski definition) is 1. The second-order valence-corrected chi connectivity index (χ2v) is 6.15. The van der Waals surface area contributed by atoms with E-state index >= 15 is 0 Å². The van der Waals surface area contributed by atoms with Gasteiger partial charge in [0.15, 0.2) is 0 Å². The Hall–Kier alpha value is -0.680. The Morgan fingerprint density at radius 2 is 1.88 bits per heavy atom. The van der Waals surface area contributed by atoms with E-state index in [-0.39, 0.29) is 0 Å². The van der Waals surface area contributed by atoms with E-state index in [0.717, 1.165) is 19.6 Å². The van der Waals surface area contributed by atoms with Gasteiger partial charge in [0.05, 0.1) is 12.6 Å². The summed E-state index contributed by atoms with van der Waals surface area (Å²) in [5.41, 5.74) is 0. The van der Waals surface area contributed by atoms with E-state index in [9.17, 15) is 0 Å². The van der Waals surface area contributed by atoms with E-state index in [4.69, 9.17) is 4.74 Å². The Kier molecular flexibility index (Phi) is 3.57. The van der Waals surface area contributed by atoms with Crippen LogP contribution in [-0.4, -0.2) is 19.3 Å². The Morgan fingerprint density at radius 3 is 2.35 bits per heavy atom. The first-order valence-corrected chi connectivity index (χ1v) is 7.60. The van der Waals surface area contributed by atoms with Crippen molar-refractivity contribution in [3.05, 3.63) is 44.8 Å². The van der Waals surface area contributed by atoms with Crippen LogP contribution in [0.1, 0.15) is 22.2 Å². The molecule has 0 radical (unpaired) electrons. The molecule has 1 unspecified atom stereocenters. The summed E-state index contributed by atoms with van der Waals surface area (Å²) in [5, 5.41) is 8.00. The molecule has 3 rings (SSSR count). The zero-order chi connectivity index (χ0) is 11.5. The number of nitrogens with one attached hydrogen (secondary N) is 1. The van der Waals surface area contributed by atoms with Crippen LogP contribution in [-0.2, 0) is 4.74 Å². The fraction of sp³-hybridized carbons (Fsp3) is 0.385. The van der Waals surface area contributed by atoms with Gasteiger partial charge in [0, 0.05) is 22.4 Å². The number of hydrogen-bond acceptors (Lipinski definition) is 4. The minimum Gasteiger partial charge on any atom is -0.380 e. The van der Waals surface area contributed by atoms with Crippen LogP contribution < -0.4 is 5.32 Å². The first kappa shape index (κ1) is 11.4. The van der Waals surface area contributed by atoms with Crippen LogP contribution in [0.4, 0.5) is 0 Å². The molecular weight excluding hydrogens is 250 g/mol. The van der Waals surface area contributed by atoms with Gasteiger partial charge in [-0.25, -0.2) is 0 Å². The molecule has 0 saturated carbocycles. The molecule has 3 heterocycles. The predicted octanol–water partition coefficient (Wildman–Crippen LogP) is 3.28. The Morgan fingerprint density at radius 1 is 1.18 bits per heavy atom. The summed E-state index contributed by atoms with van der Waals surface area (Å²) in [6, 6.07) is 9.47. The van der Waals surface area contributed by atoms with Crippen LogP contribution in [0.15, 0.2) is 35.0 Å². The van der Waals surface area contributed by atoms with Crippen molar-refractivity contribution in [1.82, 2.24) is 5.32 Å². The highest BCUT2D eigenvalue weighted by Crippen LogP contribution is 2.30. The van der Waals surface area contributed by atoms with Crippen molar-refractivity contribution in [3.63, 3.8) is 0 Å². The Balaban J connectivity index is 1.81. The maximum atomic E-state index is 5.44. The average Bonchev–Trinajstić information content (AvgIpc) is 3.09. The molecule has 17 heavy (non-hydrogen) atoms. The van der Waals surface area contributed by atoms with Gasteiger partial charge in [-0.1, -0.05) is 12.1 Å². The van der Waals surface area contributed by atoms with Crippen molar-refractivity contribution in [2.24, 2.45) is 0 Å². The van der Waals surface area contributed by atoms with Crippen molar-refractivity contribution >= 4 is 22.7 Å². The zero-order valence-corrected chi connectivity index (χ0v) is 11.1. The largest absolute Gasteiger partial charge is 0.380 e. The summed E-state index contributed by atoms with van der Waals surface area (Å²) in [6.45, 7) is 1.73. The van der Waals surface area contributed by atoms with E-state index in [1.54, 1.807) is 0 Å². The third-order valence-corrected chi connectivity index (χ3v) is 4.86. The highest BCUT2D eigenvalue weighted by molar-refractivity contribution is 7.11. The summed E-state index contributed by atoms with van der Waals surface area (Å²) in [4.78, 5) is 2.78. The fourth-order valence-electron chi connectivity index (χ4n) is 2.12. The summed E-state index contributed by atoms with van der Waals surface area (Å²) < 4.78 is 5.44. The van der Waals surface area contributed by atoms with Gasteiger partial charge in [0.1, 0.15) is 0 Å². The maximum absolute atomic E-state index is 5.44. The monoisotopic (exact) mass is 265 g/mol.